The van der Waals surface area contributed by atoms with E-state index < -0.39 is 0 Å². The van der Waals surface area contributed by atoms with Gasteiger partial charge >= 0.3 is 0 Å². The minimum absolute atomic E-state index is 0.209. The fourth-order valence-corrected chi connectivity index (χ4v) is 4.23. The van der Waals surface area contributed by atoms with Gasteiger partial charge in [0.25, 0.3) is 0 Å². The highest BCUT2D eigenvalue weighted by Crippen LogP contribution is 2.41. The van der Waals surface area contributed by atoms with Crippen LogP contribution >= 0.6 is 11.6 Å². The van der Waals surface area contributed by atoms with Gasteiger partial charge < -0.3 is 0 Å². The first-order chi connectivity index (χ1) is 11.2. The monoisotopic (exact) mass is 327 g/mol. The van der Waals surface area contributed by atoms with Gasteiger partial charge in [-0.3, -0.25) is 4.90 Å². The third-order valence-corrected chi connectivity index (χ3v) is 5.35. The van der Waals surface area contributed by atoms with Crippen LogP contribution in [-0.4, -0.2) is 17.0 Å². The molecule has 1 nitrogen and oxygen atoms in total. The van der Waals surface area contributed by atoms with Crippen molar-refractivity contribution in [3.8, 4) is 0 Å². The van der Waals surface area contributed by atoms with Crippen molar-refractivity contribution >= 4 is 17.2 Å². The van der Waals surface area contributed by atoms with Gasteiger partial charge in [0.1, 0.15) is 5.82 Å². The molecule has 23 heavy (non-hydrogen) atoms. The molecule has 4 rings (SSSR count). The smallest absolute Gasteiger partial charge is 0.132 e. The predicted octanol–water partition coefficient (Wildman–Crippen LogP) is 5.30. The Morgan fingerprint density at radius 1 is 1.04 bits per heavy atom. The lowest BCUT2D eigenvalue weighted by Gasteiger charge is -2.34. The molecule has 0 aromatic heterocycles. The number of fused-ring (bicyclic) bond motifs is 2. The van der Waals surface area contributed by atoms with Crippen LogP contribution in [0.15, 0.2) is 54.6 Å². The topological polar surface area (TPSA) is 3.24 Å². The molecule has 1 fully saturated rings. The maximum atomic E-state index is 14.2. The Morgan fingerprint density at radius 2 is 1.87 bits per heavy atom. The normalized spacial score (nSPS) is 23.8. The molecule has 2 atom stereocenters. The van der Waals surface area contributed by atoms with Crippen LogP contribution in [0.5, 0.6) is 0 Å². The van der Waals surface area contributed by atoms with E-state index in [0.717, 1.165) is 25.0 Å². The minimum atomic E-state index is -0.209. The molecule has 2 aliphatic heterocycles. The summed E-state index contributed by atoms with van der Waals surface area (Å²) < 4.78 is 14.2. The van der Waals surface area contributed by atoms with Gasteiger partial charge in [0.15, 0.2) is 0 Å². The zero-order valence-electron chi connectivity index (χ0n) is 12.9. The lowest BCUT2D eigenvalue weighted by molar-refractivity contribution is 0.203. The Labute approximate surface area is 141 Å². The average molecular weight is 328 g/mol. The molecular weight excluding hydrogens is 309 g/mol. The van der Waals surface area contributed by atoms with Gasteiger partial charge in [0.05, 0.1) is 5.02 Å². The van der Waals surface area contributed by atoms with Crippen LogP contribution in [0.4, 0.5) is 4.39 Å². The van der Waals surface area contributed by atoms with E-state index in [1.165, 1.54) is 18.1 Å². The van der Waals surface area contributed by atoms with Crippen LogP contribution in [0.3, 0.4) is 0 Å². The van der Waals surface area contributed by atoms with Gasteiger partial charge in [-0.05, 0) is 42.5 Å². The fourth-order valence-electron chi connectivity index (χ4n) is 3.95. The molecule has 3 heteroatoms. The van der Waals surface area contributed by atoms with Crippen molar-refractivity contribution in [3.63, 3.8) is 0 Å². The molecule has 2 aliphatic rings. The fraction of sp³-hybridized carbons (Fsp3) is 0.300. The molecule has 2 heterocycles. The lowest BCUT2D eigenvalue weighted by Crippen LogP contribution is -2.37. The van der Waals surface area contributed by atoms with E-state index in [0.29, 0.717) is 22.7 Å². The van der Waals surface area contributed by atoms with Crippen LogP contribution in [0, 0.1) is 5.82 Å². The second-order valence-electron chi connectivity index (χ2n) is 6.45. The quantitative estimate of drug-likeness (QED) is 0.739. The van der Waals surface area contributed by atoms with Gasteiger partial charge in [-0.1, -0.05) is 54.1 Å². The Morgan fingerprint density at radius 3 is 2.61 bits per heavy atom. The van der Waals surface area contributed by atoms with Gasteiger partial charge in [0, 0.05) is 24.2 Å². The zero-order valence-corrected chi connectivity index (χ0v) is 13.6. The molecule has 0 amide bonds. The van der Waals surface area contributed by atoms with Crippen molar-refractivity contribution in [2.45, 2.75) is 37.9 Å². The first-order valence-electron chi connectivity index (χ1n) is 8.17. The molecule has 0 N–H and O–H groups in total. The zero-order chi connectivity index (χ0) is 15.8. The summed E-state index contributed by atoms with van der Waals surface area (Å²) >= 11 is 6.25. The molecule has 2 bridgehead atoms. The number of benzene rings is 2. The maximum absolute atomic E-state index is 14.2. The van der Waals surface area contributed by atoms with E-state index >= 15 is 0 Å². The largest absolute Gasteiger partial charge is 0.289 e. The standard InChI is InChI=1S/C20H19ClFN/c21-18-7-4-8-19(22)20(18)15-11-16-9-10-17(12-15)23(16)13-14-5-2-1-3-6-14/h1-8,11,16-17H,9-10,12-13H2. The van der Waals surface area contributed by atoms with Crippen LogP contribution in [0.25, 0.3) is 5.57 Å². The predicted molar refractivity (Wildman–Crippen MR) is 92.8 cm³/mol. The Bertz CT molecular complexity index is 720. The highest BCUT2D eigenvalue weighted by Gasteiger charge is 2.37. The number of rotatable bonds is 3. The van der Waals surface area contributed by atoms with Crippen molar-refractivity contribution in [1.29, 1.82) is 0 Å². The Balaban J connectivity index is 1.62. The summed E-state index contributed by atoms with van der Waals surface area (Å²) in [5.41, 5.74) is 3.01. The molecule has 2 aromatic carbocycles. The first kappa shape index (κ1) is 14.9. The van der Waals surface area contributed by atoms with Crippen molar-refractivity contribution in [3.05, 3.63) is 76.6 Å². The molecule has 0 aliphatic carbocycles. The first-order valence-corrected chi connectivity index (χ1v) is 8.55. The van der Waals surface area contributed by atoms with Gasteiger partial charge in [-0.15, -0.1) is 0 Å². The third kappa shape index (κ3) is 2.82. The number of hydrogen-bond acceptors (Lipinski definition) is 1. The van der Waals surface area contributed by atoms with Crippen LogP contribution in [-0.2, 0) is 6.54 Å². The van der Waals surface area contributed by atoms with Crippen LogP contribution in [0.2, 0.25) is 5.02 Å². The van der Waals surface area contributed by atoms with Gasteiger partial charge in [-0.25, -0.2) is 4.39 Å². The Kier molecular flexibility index (Phi) is 3.96. The van der Waals surface area contributed by atoms with Crippen molar-refractivity contribution < 1.29 is 4.39 Å². The molecule has 1 saturated heterocycles. The highest BCUT2D eigenvalue weighted by molar-refractivity contribution is 6.32. The minimum Gasteiger partial charge on any atom is -0.289 e. The van der Waals surface area contributed by atoms with E-state index in [2.05, 4.69) is 35.2 Å². The second-order valence-corrected chi connectivity index (χ2v) is 6.86. The molecular formula is C20H19ClFN. The van der Waals surface area contributed by atoms with E-state index in [1.807, 2.05) is 6.07 Å². The lowest BCUT2D eigenvalue weighted by atomic mass is 9.94. The van der Waals surface area contributed by atoms with Gasteiger partial charge in [0.2, 0.25) is 0 Å². The van der Waals surface area contributed by atoms with Crippen molar-refractivity contribution in [2.75, 3.05) is 0 Å². The molecule has 0 radical (unpaired) electrons. The average Bonchev–Trinajstić information content (AvgIpc) is 2.78. The second kappa shape index (κ2) is 6.10. The summed E-state index contributed by atoms with van der Waals surface area (Å²) in [5.74, 6) is -0.209. The summed E-state index contributed by atoms with van der Waals surface area (Å²) in [5, 5.41) is 0.521. The number of nitrogens with zero attached hydrogens (tertiary/aromatic N) is 1. The Hall–Kier alpha value is -1.64. The van der Waals surface area contributed by atoms with Crippen LogP contribution in [0.1, 0.15) is 30.4 Å². The van der Waals surface area contributed by atoms with Crippen molar-refractivity contribution in [2.24, 2.45) is 0 Å². The molecule has 2 aromatic rings. The van der Waals surface area contributed by atoms with E-state index in [-0.39, 0.29) is 5.82 Å². The summed E-state index contributed by atoms with van der Waals surface area (Å²) in [6.45, 7) is 0.963. The van der Waals surface area contributed by atoms with Crippen molar-refractivity contribution in [1.82, 2.24) is 4.90 Å². The van der Waals surface area contributed by atoms with Gasteiger partial charge in [-0.2, -0.15) is 0 Å². The highest BCUT2D eigenvalue weighted by atomic mass is 35.5. The molecule has 118 valence electrons. The van der Waals surface area contributed by atoms with Crippen LogP contribution < -0.4 is 0 Å². The van der Waals surface area contributed by atoms with E-state index in [9.17, 15) is 4.39 Å². The summed E-state index contributed by atoms with van der Waals surface area (Å²) in [4.78, 5) is 2.55. The third-order valence-electron chi connectivity index (χ3n) is 5.03. The summed E-state index contributed by atoms with van der Waals surface area (Å²) in [6, 6.07) is 16.4. The number of hydrogen-bond donors (Lipinski definition) is 0. The molecule has 0 saturated carbocycles. The summed E-state index contributed by atoms with van der Waals surface area (Å²) in [7, 11) is 0. The van der Waals surface area contributed by atoms with E-state index in [4.69, 9.17) is 11.6 Å². The molecule has 2 unspecified atom stereocenters. The summed E-state index contributed by atoms with van der Waals surface area (Å²) in [6.07, 6.45) is 5.43. The number of halogens is 2. The maximum Gasteiger partial charge on any atom is 0.132 e. The SMILES string of the molecule is Fc1cccc(Cl)c1C1=CC2CCC(C1)N2Cc1ccccc1. The molecule has 0 spiro atoms. The van der Waals surface area contributed by atoms with E-state index in [1.54, 1.807) is 12.1 Å².